The van der Waals surface area contributed by atoms with Crippen molar-refractivity contribution in [3.8, 4) is 0 Å². The van der Waals surface area contributed by atoms with Gasteiger partial charge < -0.3 is 0 Å². The Bertz CT molecular complexity index is 653. The van der Waals surface area contributed by atoms with Crippen molar-refractivity contribution in [1.29, 1.82) is 0 Å². The fourth-order valence-corrected chi connectivity index (χ4v) is 10.6. The first-order valence-corrected chi connectivity index (χ1v) is 12.3. The van der Waals surface area contributed by atoms with Crippen LogP contribution in [0.4, 0.5) is 0 Å². The summed E-state index contributed by atoms with van der Waals surface area (Å²) in [6.45, 7) is 9.27. The van der Waals surface area contributed by atoms with Crippen LogP contribution >= 0.6 is 23.5 Å². The predicted molar refractivity (Wildman–Crippen MR) is 113 cm³/mol. The zero-order valence-electron chi connectivity index (χ0n) is 15.9. The average Bonchev–Trinajstić information content (AvgIpc) is 3.19. The Balaban J connectivity index is 1.43. The summed E-state index contributed by atoms with van der Waals surface area (Å²) in [6, 6.07) is 0. The zero-order valence-corrected chi connectivity index (χ0v) is 17.5. The molecular formula is C23H32S2. The van der Waals surface area contributed by atoms with E-state index in [1.54, 1.807) is 5.57 Å². The fourth-order valence-electron chi connectivity index (χ4n) is 7.27. The molecule has 0 bridgehead atoms. The van der Waals surface area contributed by atoms with Gasteiger partial charge in [0.1, 0.15) is 0 Å². The van der Waals surface area contributed by atoms with E-state index in [-0.39, 0.29) is 0 Å². The molecule has 5 rings (SSSR count). The molecule has 1 saturated heterocycles. The highest BCUT2D eigenvalue weighted by atomic mass is 32.2. The molecule has 1 heterocycles. The molecule has 0 radical (unpaired) electrons. The minimum Gasteiger partial charge on any atom is -0.143 e. The molecule has 1 spiro atoms. The van der Waals surface area contributed by atoms with Gasteiger partial charge in [-0.25, -0.2) is 0 Å². The molecule has 0 aromatic carbocycles. The summed E-state index contributed by atoms with van der Waals surface area (Å²) >= 11 is 4.60. The maximum absolute atomic E-state index is 4.10. The van der Waals surface area contributed by atoms with Crippen LogP contribution < -0.4 is 0 Å². The fraction of sp³-hybridized carbons (Fsp3) is 0.739. The highest BCUT2D eigenvalue weighted by molar-refractivity contribution is 8.21. The highest BCUT2D eigenvalue weighted by Crippen LogP contribution is 2.68. The van der Waals surface area contributed by atoms with E-state index in [1.807, 2.05) is 0 Å². The summed E-state index contributed by atoms with van der Waals surface area (Å²) < 4.78 is 0.602. The van der Waals surface area contributed by atoms with E-state index < -0.39 is 0 Å². The molecule has 2 heteroatoms. The summed E-state index contributed by atoms with van der Waals surface area (Å²) in [7, 11) is 0. The third-order valence-electron chi connectivity index (χ3n) is 8.80. The second-order valence-corrected chi connectivity index (χ2v) is 12.8. The van der Waals surface area contributed by atoms with Gasteiger partial charge in [-0.2, -0.15) is 0 Å². The molecule has 0 aromatic heterocycles. The minimum atomic E-state index is 0.305. The van der Waals surface area contributed by atoms with Gasteiger partial charge in [0, 0.05) is 16.9 Å². The average molecular weight is 373 g/mol. The van der Waals surface area contributed by atoms with Gasteiger partial charge in [0.05, 0.1) is 4.08 Å². The Labute approximate surface area is 162 Å². The van der Waals surface area contributed by atoms with Gasteiger partial charge in [-0.1, -0.05) is 44.2 Å². The van der Waals surface area contributed by atoms with Crippen molar-refractivity contribution in [2.24, 2.45) is 28.6 Å². The Morgan fingerprint density at radius 3 is 2.60 bits per heavy atom. The lowest BCUT2D eigenvalue weighted by Crippen LogP contribution is -2.52. The predicted octanol–water partition coefficient (Wildman–Crippen LogP) is 6.85. The molecule has 5 aliphatic rings. The van der Waals surface area contributed by atoms with Crippen LogP contribution in [0.2, 0.25) is 0 Å². The van der Waals surface area contributed by atoms with E-state index in [1.165, 1.54) is 62.0 Å². The number of allylic oxidation sites excluding steroid dienone is 5. The van der Waals surface area contributed by atoms with Crippen LogP contribution in [-0.2, 0) is 0 Å². The second-order valence-electron chi connectivity index (χ2n) is 9.62. The third-order valence-corrected chi connectivity index (χ3v) is 12.4. The zero-order chi connectivity index (χ0) is 17.3. The van der Waals surface area contributed by atoms with Crippen LogP contribution in [0.15, 0.2) is 36.0 Å². The molecule has 5 atom stereocenters. The van der Waals surface area contributed by atoms with Crippen LogP contribution in [0.1, 0.15) is 58.8 Å². The number of fused-ring (bicyclic) bond motifs is 5. The maximum Gasteiger partial charge on any atom is 0.0614 e. The van der Waals surface area contributed by atoms with E-state index >= 15 is 0 Å². The Morgan fingerprint density at radius 1 is 1.04 bits per heavy atom. The lowest BCUT2D eigenvalue weighted by molar-refractivity contribution is -0.0485. The number of thioether (sulfide) groups is 2. The highest BCUT2D eigenvalue weighted by Gasteiger charge is 2.58. The topological polar surface area (TPSA) is 0 Å². The molecule has 0 nitrogen and oxygen atoms in total. The Morgan fingerprint density at radius 2 is 1.84 bits per heavy atom. The Hall–Kier alpha value is -0.0800. The molecule has 4 fully saturated rings. The van der Waals surface area contributed by atoms with E-state index in [4.69, 9.17) is 0 Å². The molecule has 1 unspecified atom stereocenters. The first-order valence-electron chi connectivity index (χ1n) is 10.3. The summed E-state index contributed by atoms with van der Waals surface area (Å²) in [5.41, 5.74) is 4.15. The molecule has 136 valence electrons. The van der Waals surface area contributed by atoms with Gasteiger partial charge >= 0.3 is 0 Å². The monoisotopic (exact) mass is 372 g/mol. The summed E-state index contributed by atoms with van der Waals surface area (Å²) in [5.74, 6) is 5.52. The first kappa shape index (κ1) is 17.0. The van der Waals surface area contributed by atoms with E-state index in [0.29, 0.717) is 14.9 Å². The van der Waals surface area contributed by atoms with Crippen molar-refractivity contribution in [1.82, 2.24) is 0 Å². The summed E-state index contributed by atoms with van der Waals surface area (Å²) in [5, 5.41) is 0. The van der Waals surface area contributed by atoms with Gasteiger partial charge in [0.25, 0.3) is 0 Å². The molecule has 25 heavy (non-hydrogen) atoms. The molecule has 1 aliphatic heterocycles. The van der Waals surface area contributed by atoms with Gasteiger partial charge in [-0.15, -0.1) is 23.5 Å². The van der Waals surface area contributed by atoms with Gasteiger partial charge in [0.15, 0.2) is 0 Å². The number of hydrogen-bond acceptors (Lipinski definition) is 2. The van der Waals surface area contributed by atoms with Crippen molar-refractivity contribution in [3.63, 3.8) is 0 Å². The second kappa shape index (κ2) is 5.71. The molecule has 4 aliphatic carbocycles. The van der Waals surface area contributed by atoms with Gasteiger partial charge in [0.2, 0.25) is 0 Å². The standard InChI is InChI=1S/C23H32S2/c1-4-16-6-8-19-18-7-5-17-15-23(24-13-14-25-23)12-11-22(17,3)20(18)9-10-21(16,19)2/h4,6,8,17-18,20H,1,5,7,9-15H2,2-3H3/t17?,18-,20-,21+,22-/m0/s1. The normalized spacial score (nSPS) is 47.5. The quantitative estimate of drug-likeness (QED) is 0.494. The van der Waals surface area contributed by atoms with Crippen LogP contribution in [0.25, 0.3) is 0 Å². The molecule has 0 N–H and O–H groups in total. The molecule has 0 aromatic rings. The summed E-state index contributed by atoms with van der Waals surface area (Å²) in [4.78, 5) is 0. The molecular weight excluding hydrogens is 340 g/mol. The van der Waals surface area contributed by atoms with Crippen molar-refractivity contribution >= 4 is 23.5 Å². The number of hydrogen-bond donors (Lipinski definition) is 0. The van der Waals surface area contributed by atoms with Crippen molar-refractivity contribution in [2.75, 3.05) is 11.5 Å². The van der Waals surface area contributed by atoms with Crippen molar-refractivity contribution in [3.05, 3.63) is 36.0 Å². The van der Waals surface area contributed by atoms with E-state index in [9.17, 15) is 0 Å². The first-order chi connectivity index (χ1) is 12.0. The maximum atomic E-state index is 4.10. The number of rotatable bonds is 1. The van der Waals surface area contributed by atoms with Gasteiger partial charge in [-0.05, 0) is 73.7 Å². The summed E-state index contributed by atoms with van der Waals surface area (Å²) in [6.07, 6.45) is 17.1. The van der Waals surface area contributed by atoms with Crippen molar-refractivity contribution < 1.29 is 0 Å². The van der Waals surface area contributed by atoms with Gasteiger partial charge in [-0.3, -0.25) is 0 Å². The van der Waals surface area contributed by atoms with Crippen LogP contribution in [0, 0.1) is 28.6 Å². The molecule has 0 amide bonds. The third kappa shape index (κ3) is 2.29. The van der Waals surface area contributed by atoms with Crippen LogP contribution in [-0.4, -0.2) is 15.6 Å². The molecule has 3 saturated carbocycles. The van der Waals surface area contributed by atoms with Crippen molar-refractivity contribution in [2.45, 2.75) is 62.9 Å². The van der Waals surface area contributed by atoms with E-state index in [0.717, 1.165) is 17.8 Å². The van der Waals surface area contributed by atoms with E-state index in [2.05, 4.69) is 62.2 Å². The van der Waals surface area contributed by atoms with Crippen LogP contribution in [0.3, 0.4) is 0 Å². The van der Waals surface area contributed by atoms with Crippen LogP contribution in [0.5, 0.6) is 0 Å². The lowest BCUT2D eigenvalue weighted by atomic mass is 9.46. The SMILES string of the molecule is C=CC1=CC=C2[C@@H]3CCC4CC5(CC[C@]4(C)[C@H]3CC[C@]12C)SCCS5. The minimum absolute atomic E-state index is 0.305. The smallest absolute Gasteiger partial charge is 0.0614 e. The Kier molecular flexibility index (Phi) is 3.89. The lowest BCUT2D eigenvalue weighted by Gasteiger charge is -2.60. The largest absolute Gasteiger partial charge is 0.143 e.